The van der Waals surface area contributed by atoms with Gasteiger partial charge in [-0.15, -0.1) is 6.58 Å². The van der Waals surface area contributed by atoms with Crippen LogP contribution in [0.2, 0.25) is 0 Å². The van der Waals surface area contributed by atoms with Gasteiger partial charge in [0.05, 0.1) is 12.7 Å². The number of phenolic OH excluding ortho intramolecular Hbond substituents is 2. The zero-order valence-corrected chi connectivity index (χ0v) is 8.36. The van der Waals surface area contributed by atoms with Crippen molar-refractivity contribution in [3.8, 4) is 11.5 Å². The van der Waals surface area contributed by atoms with Gasteiger partial charge in [0.1, 0.15) is 11.5 Å². The molecule has 0 unspecified atom stereocenters. The highest BCUT2D eigenvalue weighted by Gasteiger charge is 2.15. The van der Waals surface area contributed by atoms with E-state index < -0.39 is 5.97 Å². The number of allylic oxidation sites excluding steroid dienone is 1. The van der Waals surface area contributed by atoms with Crippen molar-refractivity contribution in [2.45, 2.75) is 6.42 Å². The standard InChI is InChI=1S/C11H12O4/c1-3-4-8-9(11(14)15-2)5-7(12)6-10(8)13/h3,5-6,12-13H,1,4H2,2H3. The molecule has 2 N–H and O–H groups in total. The Balaban J connectivity index is 3.32. The molecule has 4 heteroatoms. The smallest absolute Gasteiger partial charge is 0.338 e. The Morgan fingerprint density at radius 2 is 2.20 bits per heavy atom. The van der Waals surface area contributed by atoms with Crippen LogP contribution in [0.25, 0.3) is 0 Å². The van der Waals surface area contributed by atoms with Gasteiger partial charge in [-0.25, -0.2) is 4.79 Å². The molecule has 0 aliphatic heterocycles. The highest BCUT2D eigenvalue weighted by Crippen LogP contribution is 2.28. The molecular weight excluding hydrogens is 196 g/mol. The molecule has 4 nitrogen and oxygen atoms in total. The zero-order valence-electron chi connectivity index (χ0n) is 8.36. The molecule has 0 saturated carbocycles. The summed E-state index contributed by atoms with van der Waals surface area (Å²) < 4.78 is 4.54. The maximum atomic E-state index is 11.3. The molecule has 0 amide bonds. The first-order chi connectivity index (χ1) is 7.10. The summed E-state index contributed by atoms with van der Waals surface area (Å²) in [4.78, 5) is 11.3. The van der Waals surface area contributed by atoms with E-state index in [1.165, 1.54) is 19.2 Å². The Morgan fingerprint density at radius 3 is 2.73 bits per heavy atom. The Bertz CT molecular complexity index is 396. The Labute approximate surface area is 87.4 Å². The van der Waals surface area contributed by atoms with Gasteiger partial charge < -0.3 is 14.9 Å². The van der Waals surface area contributed by atoms with Crippen LogP contribution in [0.15, 0.2) is 24.8 Å². The monoisotopic (exact) mass is 208 g/mol. The number of esters is 1. The molecule has 1 aromatic rings. The van der Waals surface area contributed by atoms with Gasteiger partial charge in [-0.3, -0.25) is 0 Å². The number of carbonyl (C=O) groups excluding carboxylic acids is 1. The van der Waals surface area contributed by atoms with E-state index in [9.17, 15) is 15.0 Å². The predicted octanol–water partition coefficient (Wildman–Crippen LogP) is 1.61. The van der Waals surface area contributed by atoms with Gasteiger partial charge in [-0.05, 0) is 12.5 Å². The SMILES string of the molecule is C=CCc1c(O)cc(O)cc1C(=O)OC. The van der Waals surface area contributed by atoms with Gasteiger partial charge in [-0.2, -0.15) is 0 Å². The second-order valence-corrected chi connectivity index (χ2v) is 2.98. The van der Waals surface area contributed by atoms with Crippen LogP contribution in [0.1, 0.15) is 15.9 Å². The van der Waals surface area contributed by atoms with Gasteiger partial charge in [-0.1, -0.05) is 6.08 Å². The van der Waals surface area contributed by atoms with Gasteiger partial charge in [0.25, 0.3) is 0 Å². The molecule has 0 spiro atoms. The number of benzene rings is 1. The molecule has 0 atom stereocenters. The maximum absolute atomic E-state index is 11.3. The van der Waals surface area contributed by atoms with Crippen LogP contribution in [0.5, 0.6) is 11.5 Å². The second-order valence-electron chi connectivity index (χ2n) is 2.98. The molecule has 0 fully saturated rings. The van der Waals surface area contributed by atoms with Crippen molar-refractivity contribution in [1.29, 1.82) is 0 Å². The fraction of sp³-hybridized carbons (Fsp3) is 0.182. The van der Waals surface area contributed by atoms with Crippen molar-refractivity contribution in [2.24, 2.45) is 0 Å². The van der Waals surface area contributed by atoms with Crippen molar-refractivity contribution in [2.75, 3.05) is 7.11 Å². The number of hydrogen-bond donors (Lipinski definition) is 2. The number of phenols is 2. The summed E-state index contributed by atoms with van der Waals surface area (Å²) in [5.41, 5.74) is 0.546. The van der Waals surface area contributed by atoms with Crippen molar-refractivity contribution in [3.63, 3.8) is 0 Å². The molecule has 0 bridgehead atoms. The van der Waals surface area contributed by atoms with E-state index in [1.54, 1.807) is 6.08 Å². The minimum atomic E-state index is -0.599. The molecule has 0 aliphatic rings. The van der Waals surface area contributed by atoms with Gasteiger partial charge in [0.2, 0.25) is 0 Å². The lowest BCUT2D eigenvalue weighted by Crippen LogP contribution is -2.05. The summed E-state index contributed by atoms with van der Waals surface area (Å²) in [6, 6.07) is 2.43. The van der Waals surface area contributed by atoms with Gasteiger partial charge >= 0.3 is 5.97 Å². The number of carbonyl (C=O) groups is 1. The summed E-state index contributed by atoms with van der Waals surface area (Å²) in [6.45, 7) is 3.52. The average Bonchev–Trinajstić information content (AvgIpc) is 2.20. The van der Waals surface area contributed by atoms with Crippen LogP contribution in [0, 0.1) is 0 Å². The van der Waals surface area contributed by atoms with E-state index in [4.69, 9.17) is 0 Å². The van der Waals surface area contributed by atoms with Crippen LogP contribution in [-0.4, -0.2) is 23.3 Å². The minimum Gasteiger partial charge on any atom is -0.508 e. The van der Waals surface area contributed by atoms with Crippen LogP contribution in [-0.2, 0) is 11.2 Å². The lowest BCUT2D eigenvalue weighted by atomic mass is 10.0. The number of rotatable bonds is 3. The molecule has 0 heterocycles. The summed E-state index contributed by atoms with van der Waals surface area (Å²) >= 11 is 0. The van der Waals surface area contributed by atoms with E-state index >= 15 is 0 Å². The Hall–Kier alpha value is -1.97. The van der Waals surface area contributed by atoms with Gasteiger partial charge in [0.15, 0.2) is 0 Å². The van der Waals surface area contributed by atoms with Crippen molar-refractivity contribution in [1.82, 2.24) is 0 Å². The van der Waals surface area contributed by atoms with E-state index in [1.807, 2.05) is 0 Å². The number of methoxy groups -OCH3 is 1. The molecule has 0 saturated heterocycles. The zero-order chi connectivity index (χ0) is 11.4. The molecule has 0 aromatic heterocycles. The van der Waals surface area contributed by atoms with E-state index in [0.717, 1.165) is 0 Å². The largest absolute Gasteiger partial charge is 0.508 e. The maximum Gasteiger partial charge on any atom is 0.338 e. The molecular formula is C11H12O4. The first kappa shape index (κ1) is 11.1. The van der Waals surface area contributed by atoms with Gasteiger partial charge in [0, 0.05) is 11.6 Å². The van der Waals surface area contributed by atoms with Crippen molar-refractivity contribution in [3.05, 3.63) is 35.9 Å². The third-order valence-electron chi connectivity index (χ3n) is 1.96. The van der Waals surface area contributed by atoms with Crippen LogP contribution < -0.4 is 0 Å². The minimum absolute atomic E-state index is 0.143. The summed E-state index contributed by atoms with van der Waals surface area (Å²) in [5.74, 6) is -0.922. The highest BCUT2D eigenvalue weighted by molar-refractivity contribution is 5.92. The molecule has 1 rings (SSSR count). The Morgan fingerprint density at radius 1 is 1.53 bits per heavy atom. The van der Waals surface area contributed by atoms with E-state index in [0.29, 0.717) is 12.0 Å². The highest BCUT2D eigenvalue weighted by atomic mass is 16.5. The normalized spacial score (nSPS) is 9.67. The first-order valence-electron chi connectivity index (χ1n) is 4.34. The summed E-state index contributed by atoms with van der Waals surface area (Å²) in [6.07, 6.45) is 1.88. The molecule has 80 valence electrons. The third kappa shape index (κ3) is 2.28. The van der Waals surface area contributed by atoms with E-state index in [-0.39, 0.29) is 17.1 Å². The molecule has 0 aliphatic carbocycles. The van der Waals surface area contributed by atoms with Crippen LogP contribution >= 0.6 is 0 Å². The first-order valence-corrected chi connectivity index (χ1v) is 4.34. The fourth-order valence-corrected chi connectivity index (χ4v) is 1.29. The molecule has 15 heavy (non-hydrogen) atoms. The van der Waals surface area contributed by atoms with Crippen LogP contribution in [0.3, 0.4) is 0 Å². The van der Waals surface area contributed by atoms with E-state index in [2.05, 4.69) is 11.3 Å². The average molecular weight is 208 g/mol. The van der Waals surface area contributed by atoms with Crippen LogP contribution in [0.4, 0.5) is 0 Å². The Kier molecular flexibility index (Phi) is 3.33. The van der Waals surface area contributed by atoms with Crippen molar-refractivity contribution < 1.29 is 19.7 Å². The third-order valence-corrected chi connectivity index (χ3v) is 1.96. The number of ether oxygens (including phenoxy) is 1. The lowest BCUT2D eigenvalue weighted by molar-refractivity contribution is 0.0598. The summed E-state index contributed by atoms with van der Waals surface area (Å²) in [7, 11) is 1.24. The number of aromatic hydroxyl groups is 2. The van der Waals surface area contributed by atoms with Crippen molar-refractivity contribution >= 4 is 5.97 Å². The lowest BCUT2D eigenvalue weighted by Gasteiger charge is -2.08. The summed E-state index contributed by atoms with van der Waals surface area (Å²) in [5, 5.41) is 18.8. The second kappa shape index (κ2) is 4.50. The predicted molar refractivity (Wildman–Crippen MR) is 55.0 cm³/mol. The molecule has 0 radical (unpaired) electrons. The fourth-order valence-electron chi connectivity index (χ4n) is 1.29. The molecule has 1 aromatic carbocycles. The number of hydrogen-bond acceptors (Lipinski definition) is 4. The topological polar surface area (TPSA) is 66.8 Å². The quantitative estimate of drug-likeness (QED) is 0.585.